The molecule has 1 aromatic rings. The summed E-state index contributed by atoms with van der Waals surface area (Å²) in [5, 5.41) is 11.0. The first kappa shape index (κ1) is 14.7. The molecule has 1 heterocycles. The quantitative estimate of drug-likeness (QED) is 0.656. The van der Waals surface area contributed by atoms with Crippen LogP contribution in [0.15, 0.2) is 12.1 Å². The molecular weight excluding hydrogens is 270 g/mol. The van der Waals surface area contributed by atoms with Crippen molar-refractivity contribution in [2.75, 3.05) is 18.0 Å². The van der Waals surface area contributed by atoms with Crippen molar-refractivity contribution < 1.29 is 14.4 Å². The zero-order valence-electron chi connectivity index (χ0n) is 11.9. The largest absolute Gasteiger partial charge is 0.354 e. The molecule has 6 nitrogen and oxygen atoms in total. The Hall–Kier alpha value is -2.68. The van der Waals surface area contributed by atoms with Gasteiger partial charge >= 0.3 is 0 Å². The average Bonchev–Trinajstić information content (AvgIpc) is 2.64. The predicted octanol–water partition coefficient (Wildman–Crippen LogP) is 0.863. The molecule has 1 N–H and O–H groups in total. The van der Waals surface area contributed by atoms with E-state index in [1.54, 1.807) is 13.0 Å². The first-order valence-electron chi connectivity index (χ1n) is 6.56. The highest BCUT2D eigenvalue weighted by molar-refractivity contribution is 6.53. The Kier molecular flexibility index (Phi) is 4.03. The lowest BCUT2D eigenvalue weighted by molar-refractivity contribution is -0.122. The molecule has 0 fully saturated rings. The SMILES string of the molecule is Cc1cc(C)c2c(c1)N(CC(=O)NCCC#N)C(=O)C2=O. The summed E-state index contributed by atoms with van der Waals surface area (Å²) in [5.74, 6) is -1.65. The number of hydrogen-bond acceptors (Lipinski definition) is 4. The number of aryl methyl sites for hydroxylation is 2. The lowest BCUT2D eigenvalue weighted by atomic mass is 10.0. The zero-order chi connectivity index (χ0) is 15.6. The lowest BCUT2D eigenvalue weighted by Crippen LogP contribution is -2.40. The Labute approximate surface area is 122 Å². The van der Waals surface area contributed by atoms with E-state index >= 15 is 0 Å². The minimum Gasteiger partial charge on any atom is -0.354 e. The smallest absolute Gasteiger partial charge is 0.299 e. The number of nitriles is 1. The number of carbonyl (C=O) groups is 3. The van der Waals surface area contributed by atoms with Gasteiger partial charge in [0.1, 0.15) is 6.54 Å². The highest BCUT2D eigenvalue weighted by atomic mass is 16.2. The molecule has 0 bridgehead atoms. The third-order valence-electron chi connectivity index (χ3n) is 3.28. The highest BCUT2D eigenvalue weighted by Crippen LogP contribution is 2.32. The Morgan fingerprint density at radius 1 is 1.33 bits per heavy atom. The molecule has 0 atom stereocenters. The van der Waals surface area contributed by atoms with Crippen LogP contribution >= 0.6 is 0 Å². The van der Waals surface area contributed by atoms with Crippen molar-refractivity contribution in [1.82, 2.24) is 5.32 Å². The highest BCUT2D eigenvalue weighted by Gasteiger charge is 2.37. The topological polar surface area (TPSA) is 90.3 Å². The molecule has 2 amide bonds. The van der Waals surface area contributed by atoms with E-state index in [9.17, 15) is 14.4 Å². The van der Waals surface area contributed by atoms with E-state index in [0.29, 0.717) is 11.3 Å². The van der Waals surface area contributed by atoms with Gasteiger partial charge < -0.3 is 5.32 Å². The van der Waals surface area contributed by atoms with Crippen LogP contribution in [0.4, 0.5) is 5.69 Å². The second kappa shape index (κ2) is 5.75. The van der Waals surface area contributed by atoms with E-state index in [0.717, 1.165) is 11.1 Å². The van der Waals surface area contributed by atoms with Gasteiger partial charge in [-0.2, -0.15) is 5.26 Å². The third-order valence-corrected chi connectivity index (χ3v) is 3.28. The van der Waals surface area contributed by atoms with Gasteiger partial charge in [0.05, 0.1) is 23.7 Å². The first-order valence-corrected chi connectivity index (χ1v) is 6.56. The van der Waals surface area contributed by atoms with Crippen LogP contribution in [0.2, 0.25) is 0 Å². The molecule has 6 heteroatoms. The normalized spacial score (nSPS) is 13.1. The van der Waals surface area contributed by atoms with Crippen molar-refractivity contribution in [3.63, 3.8) is 0 Å². The zero-order valence-corrected chi connectivity index (χ0v) is 11.9. The van der Waals surface area contributed by atoms with Crippen LogP contribution in [0, 0.1) is 25.2 Å². The fourth-order valence-corrected chi connectivity index (χ4v) is 2.41. The van der Waals surface area contributed by atoms with Gasteiger partial charge in [0.2, 0.25) is 5.91 Å². The number of nitrogens with zero attached hydrogens (tertiary/aromatic N) is 2. The number of carbonyl (C=O) groups excluding carboxylic acids is 3. The van der Waals surface area contributed by atoms with Gasteiger partial charge in [0.15, 0.2) is 0 Å². The van der Waals surface area contributed by atoms with Crippen molar-refractivity contribution in [2.45, 2.75) is 20.3 Å². The molecule has 0 saturated carbocycles. The average molecular weight is 285 g/mol. The fourth-order valence-electron chi connectivity index (χ4n) is 2.41. The number of hydrogen-bond donors (Lipinski definition) is 1. The van der Waals surface area contributed by atoms with E-state index < -0.39 is 17.6 Å². The minimum absolute atomic E-state index is 0.202. The van der Waals surface area contributed by atoms with Gasteiger partial charge in [0, 0.05) is 6.54 Å². The number of nitrogens with one attached hydrogen (secondary N) is 1. The number of ketones is 1. The Morgan fingerprint density at radius 3 is 2.71 bits per heavy atom. The molecule has 0 unspecified atom stereocenters. The Bertz CT molecular complexity index is 673. The Morgan fingerprint density at radius 2 is 2.05 bits per heavy atom. The van der Waals surface area contributed by atoms with Crippen LogP contribution in [0.25, 0.3) is 0 Å². The van der Waals surface area contributed by atoms with Crippen LogP contribution in [-0.4, -0.2) is 30.7 Å². The fraction of sp³-hybridized carbons (Fsp3) is 0.333. The summed E-state index contributed by atoms with van der Waals surface area (Å²) >= 11 is 0. The second-order valence-corrected chi connectivity index (χ2v) is 4.95. The molecule has 1 aromatic carbocycles. The molecule has 21 heavy (non-hydrogen) atoms. The van der Waals surface area contributed by atoms with E-state index in [4.69, 9.17) is 5.26 Å². The van der Waals surface area contributed by atoms with Gasteiger partial charge in [0.25, 0.3) is 11.7 Å². The standard InChI is InChI=1S/C15H15N3O3/c1-9-6-10(2)13-11(7-9)18(15(21)14(13)20)8-12(19)17-5-3-4-16/h6-7H,3,5,8H2,1-2H3,(H,17,19). The number of benzene rings is 1. The van der Waals surface area contributed by atoms with Gasteiger partial charge in [-0.05, 0) is 31.0 Å². The molecule has 0 saturated heterocycles. The lowest BCUT2D eigenvalue weighted by Gasteiger charge is -2.16. The maximum atomic E-state index is 12.0. The Balaban J connectivity index is 2.23. The van der Waals surface area contributed by atoms with Gasteiger partial charge in [-0.25, -0.2) is 0 Å². The summed E-state index contributed by atoms with van der Waals surface area (Å²) in [6.45, 7) is 3.65. The van der Waals surface area contributed by atoms with Crippen molar-refractivity contribution in [3.05, 3.63) is 28.8 Å². The molecule has 1 aliphatic rings. The third kappa shape index (κ3) is 2.77. The molecule has 108 valence electrons. The van der Waals surface area contributed by atoms with Crippen molar-refractivity contribution in [3.8, 4) is 6.07 Å². The monoisotopic (exact) mass is 285 g/mol. The molecule has 0 spiro atoms. The van der Waals surface area contributed by atoms with Crippen LogP contribution in [0.3, 0.4) is 0 Å². The second-order valence-electron chi connectivity index (χ2n) is 4.95. The van der Waals surface area contributed by atoms with Crippen molar-refractivity contribution >= 4 is 23.3 Å². The van der Waals surface area contributed by atoms with Crippen LogP contribution in [0.1, 0.15) is 27.9 Å². The van der Waals surface area contributed by atoms with Crippen molar-refractivity contribution in [1.29, 1.82) is 5.26 Å². The summed E-state index contributed by atoms with van der Waals surface area (Å²) in [6, 6.07) is 5.48. The van der Waals surface area contributed by atoms with E-state index in [-0.39, 0.29) is 19.5 Å². The van der Waals surface area contributed by atoms with E-state index in [1.165, 1.54) is 4.90 Å². The summed E-state index contributed by atoms with van der Waals surface area (Å²) < 4.78 is 0. The number of fused-ring (bicyclic) bond motifs is 1. The number of rotatable bonds is 4. The molecular formula is C15H15N3O3. The number of amides is 2. The van der Waals surface area contributed by atoms with Crippen LogP contribution in [0.5, 0.6) is 0 Å². The molecule has 2 rings (SSSR count). The summed E-state index contributed by atoms with van der Waals surface area (Å²) in [4.78, 5) is 37.0. The van der Waals surface area contributed by atoms with Crippen LogP contribution in [-0.2, 0) is 9.59 Å². The maximum Gasteiger partial charge on any atom is 0.299 e. The summed E-state index contributed by atoms with van der Waals surface area (Å²) in [5.41, 5.74) is 2.51. The number of anilines is 1. The van der Waals surface area contributed by atoms with Gasteiger partial charge in [-0.1, -0.05) is 6.07 Å². The minimum atomic E-state index is -0.686. The maximum absolute atomic E-state index is 12.0. The predicted molar refractivity (Wildman–Crippen MR) is 75.8 cm³/mol. The van der Waals surface area contributed by atoms with Gasteiger partial charge in [-0.15, -0.1) is 0 Å². The van der Waals surface area contributed by atoms with Crippen LogP contribution < -0.4 is 10.2 Å². The van der Waals surface area contributed by atoms with E-state index in [1.807, 2.05) is 19.1 Å². The number of Topliss-reactive ketones (excluding diaryl/α,β-unsaturated/α-hetero) is 1. The van der Waals surface area contributed by atoms with E-state index in [2.05, 4.69) is 5.32 Å². The van der Waals surface area contributed by atoms with Gasteiger partial charge in [-0.3, -0.25) is 19.3 Å². The first-order chi connectivity index (χ1) is 9.95. The molecule has 1 aliphatic heterocycles. The summed E-state index contributed by atoms with van der Waals surface area (Å²) in [7, 11) is 0. The molecule has 0 aliphatic carbocycles. The summed E-state index contributed by atoms with van der Waals surface area (Å²) in [6.07, 6.45) is 0.202. The molecule has 0 radical (unpaired) electrons. The molecule has 0 aromatic heterocycles. The van der Waals surface area contributed by atoms with Crippen molar-refractivity contribution in [2.24, 2.45) is 0 Å².